The van der Waals surface area contributed by atoms with Crippen LogP contribution in [-0.2, 0) is 4.79 Å². The standard InChI is InChI=1S/C12H15NO2/c1-3-11(9(2)14)13-12(15)10-7-5-4-6-8-10/h4-8,11H,3H2,1-2H3,(H,13,15)/t11-/m1/s1. The molecule has 1 amide bonds. The van der Waals surface area contributed by atoms with Crippen LogP contribution in [0.5, 0.6) is 0 Å². The van der Waals surface area contributed by atoms with Gasteiger partial charge in [0.1, 0.15) is 0 Å². The Hall–Kier alpha value is -1.64. The zero-order chi connectivity index (χ0) is 11.3. The molecule has 0 spiro atoms. The van der Waals surface area contributed by atoms with Gasteiger partial charge in [0, 0.05) is 5.56 Å². The summed E-state index contributed by atoms with van der Waals surface area (Å²) in [6, 6.07) is 8.51. The summed E-state index contributed by atoms with van der Waals surface area (Å²) in [5.41, 5.74) is 0.581. The number of hydrogen-bond donors (Lipinski definition) is 1. The van der Waals surface area contributed by atoms with E-state index >= 15 is 0 Å². The lowest BCUT2D eigenvalue weighted by Crippen LogP contribution is -2.39. The molecule has 1 rings (SSSR count). The molecule has 0 unspecified atom stereocenters. The van der Waals surface area contributed by atoms with E-state index in [-0.39, 0.29) is 17.7 Å². The lowest BCUT2D eigenvalue weighted by atomic mass is 10.1. The van der Waals surface area contributed by atoms with Gasteiger partial charge in [-0.15, -0.1) is 0 Å². The number of amides is 1. The van der Waals surface area contributed by atoms with Crippen LogP contribution >= 0.6 is 0 Å². The molecule has 0 bridgehead atoms. The predicted molar refractivity (Wildman–Crippen MR) is 58.7 cm³/mol. The fourth-order valence-corrected chi connectivity index (χ4v) is 1.32. The quantitative estimate of drug-likeness (QED) is 0.814. The minimum atomic E-state index is -0.377. The first-order valence-electron chi connectivity index (χ1n) is 5.01. The Morgan fingerprint density at radius 1 is 1.27 bits per heavy atom. The molecular weight excluding hydrogens is 190 g/mol. The minimum absolute atomic E-state index is 0.0122. The maximum Gasteiger partial charge on any atom is 0.251 e. The SMILES string of the molecule is CC[C@@H](NC(=O)c1ccccc1)C(C)=O. The largest absolute Gasteiger partial charge is 0.342 e. The van der Waals surface area contributed by atoms with Crippen LogP contribution in [0.4, 0.5) is 0 Å². The highest BCUT2D eigenvalue weighted by atomic mass is 16.2. The second kappa shape index (κ2) is 5.29. The Morgan fingerprint density at radius 2 is 1.87 bits per heavy atom. The van der Waals surface area contributed by atoms with Gasteiger partial charge in [-0.2, -0.15) is 0 Å². The van der Waals surface area contributed by atoms with E-state index in [4.69, 9.17) is 0 Å². The average Bonchev–Trinajstić information content (AvgIpc) is 2.26. The second-order valence-corrected chi connectivity index (χ2v) is 3.41. The third-order valence-corrected chi connectivity index (χ3v) is 2.24. The summed E-state index contributed by atoms with van der Waals surface area (Å²) in [6.45, 7) is 3.36. The van der Waals surface area contributed by atoms with Gasteiger partial charge < -0.3 is 5.32 Å². The molecule has 80 valence electrons. The summed E-state index contributed by atoms with van der Waals surface area (Å²) < 4.78 is 0. The molecule has 0 aliphatic rings. The highest BCUT2D eigenvalue weighted by molar-refractivity contribution is 5.97. The topological polar surface area (TPSA) is 46.2 Å². The first-order valence-corrected chi connectivity index (χ1v) is 5.01. The third kappa shape index (κ3) is 3.20. The van der Waals surface area contributed by atoms with Crippen LogP contribution in [0.15, 0.2) is 30.3 Å². The Balaban J connectivity index is 2.67. The molecule has 1 aromatic carbocycles. The summed E-state index contributed by atoms with van der Waals surface area (Å²) in [7, 11) is 0. The molecule has 0 aromatic heterocycles. The van der Waals surface area contributed by atoms with Gasteiger partial charge in [-0.1, -0.05) is 25.1 Å². The van der Waals surface area contributed by atoms with Crippen molar-refractivity contribution in [1.82, 2.24) is 5.32 Å². The van der Waals surface area contributed by atoms with Crippen LogP contribution in [0.2, 0.25) is 0 Å². The first-order chi connectivity index (χ1) is 7.15. The molecule has 0 aliphatic carbocycles. The van der Waals surface area contributed by atoms with E-state index < -0.39 is 0 Å². The number of benzene rings is 1. The van der Waals surface area contributed by atoms with E-state index in [1.165, 1.54) is 6.92 Å². The number of nitrogens with one attached hydrogen (secondary N) is 1. The summed E-state index contributed by atoms with van der Waals surface area (Å²) in [6.07, 6.45) is 0.619. The number of carbonyl (C=O) groups excluding carboxylic acids is 2. The molecule has 1 aromatic rings. The summed E-state index contributed by atoms with van der Waals surface area (Å²) in [5, 5.41) is 2.69. The monoisotopic (exact) mass is 205 g/mol. The highest BCUT2D eigenvalue weighted by Crippen LogP contribution is 2.00. The first kappa shape index (κ1) is 11.4. The van der Waals surface area contributed by atoms with Crippen molar-refractivity contribution in [3.8, 4) is 0 Å². The second-order valence-electron chi connectivity index (χ2n) is 3.41. The van der Waals surface area contributed by atoms with Crippen molar-refractivity contribution in [3.63, 3.8) is 0 Å². The van der Waals surface area contributed by atoms with Gasteiger partial charge in [-0.05, 0) is 25.5 Å². The predicted octanol–water partition coefficient (Wildman–Crippen LogP) is 1.78. The van der Waals surface area contributed by atoms with Crippen LogP contribution < -0.4 is 5.32 Å². The van der Waals surface area contributed by atoms with Gasteiger partial charge in [0.15, 0.2) is 5.78 Å². The normalized spacial score (nSPS) is 11.9. The van der Waals surface area contributed by atoms with E-state index in [2.05, 4.69) is 5.32 Å². The van der Waals surface area contributed by atoms with Crippen LogP contribution in [0, 0.1) is 0 Å². The van der Waals surface area contributed by atoms with Crippen molar-refractivity contribution < 1.29 is 9.59 Å². The van der Waals surface area contributed by atoms with Crippen LogP contribution in [0.25, 0.3) is 0 Å². The van der Waals surface area contributed by atoms with Crippen molar-refractivity contribution in [3.05, 3.63) is 35.9 Å². The van der Waals surface area contributed by atoms with Crippen molar-refractivity contribution >= 4 is 11.7 Å². The Morgan fingerprint density at radius 3 is 2.33 bits per heavy atom. The Labute approximate surface area is 89.5 Å². The summed E-state index contributed by atoms with van der Waals surface area (Å²) >= 11 is 0. The van der Waals surface area contributed by atoms with Crippen molar-refractivity contribution in [1.29, 1.82) is 0 Å². The molecule has 15 heavy (non-hydrogen) atoms. The van der Waals surface area contributed by atoms with Gasteiger partial charge in [0.25, 0.3) is 5.91 Å². The minimum Gasteiger partial charge on any atom is -0.342 e. The molecule has 0 saturated carbocycles. The van der Waals surface area contributed by atoms with Gasteiger partial charge >= 0.3 is 0 Å². The third-order valence-electron chi connectivity index (χ3n) is 2.24. The van der Waals surface area contributed by atoms with Crippen molar-refractivity contribution in [2.75, 3.05) is 0 Å². The molecule has 0 heterocycles. The molecule has 3 nitrogen and oxygen atoms in total. The Kier molecular flexibility index (Phi) is 4.03. The molecule has 0 saturated heterocycles. The average molecular weight is 205 g/mol. The number of carbonyl (C=O) groups is 2. The number of Topliss-reactive ketones (excluding diaryl/α,β-unsaturated/α-hetero) is 1. The molecule has 0 fully saturated rings. The van der Waals surface area contributed by atoms with E-state index in [9.17, 15) is 9.59 Å². The zero-order valence-corrected chi connectivity index (χ0v) is 8.99. The molecular formula is C12H15NO2. The smallest absolute Gasteiger partial charge is 0.251 e. The fraction of sp³-hybridized carbons (Fsp3) is 0.333. The number of hydrogen-bond acceptors (Lipinski definition) is 2. The molecule has 3 heteroatoms. The van der Waals surface area contributed by atoms with Crippen LogP contribution in [0.3, 0.4) is 0 Å². The molecule has 1 N–H and O–H groups in total. The van der Waals surface area contributed by atoms with Crippen LogP contribution in [0.1, 0.15) is 30.6 Å². The lowest BCUT2D eigenvalue weighted by molar-refractivity contribution is -0.118. The van der Waals surface area contributed by atoms with Gasteiger partial charge in [0.2, 0.25) is 0 Å². The van der Waals surface area contributed by atoms with Crippen LogP contribution in [-0.4, -0.2) is 17.7 Å². The van der Waals surface area contributed by atoms with E-state index in [1.54, 1.807) is 24.3 Å². The number of rotatable bonds is 4. The van der Waals surface area contributed by atoms with E-state index in [0.29, 0.717) is 12.0 Å². The van der Waals surface area contributed by atoms with Gasteiger partial charge in [-0.3, -0.25) is 9.59 Å². The van der Waals surface area contributed by atoms with Crippen molar-refractivity contribution in [2.24, 2.45) is 0 Å². The van der Waals surface area contributed by atoms with E-state index in [0.717, 1.165) is 0 Å². The maximum atomic E-state index is 11.7. The van der Waals surface area contributed by atoms with E-state index in [1.807, 2.05) is 13.0 Å². The number of ketones is 1. The van der Waals surface area contributed by atoms with Crippen molar-refractivity contribution in [2.45, 2.75) is 26.3 Å². The molecule has 0 radical (unpaired) electrons. The van der Waals surface area contributed by atoms with Gasteiger partial charge in [-0.25, -0.2) is 0 Å². The van der Waals surface area contributed by atoms with Gasteiger partial charge in [0.05, 0.1) is 6.04 Å². The summed E-state index contributed by atoms with van der Waals surface area (Å²) in [4.78, 5) is 22.8. The maximum absolute atomic E-state index is 11.7. The lowest BCUT2D eigenvalue weighted by Gasteiger charge is -2.13. The molecule has 0 aliphatic heterocycles. The fourth-order valence-electron chi connectivity index (χ4n) is 1.32. The zero-order valence-electron chi connectivity index (χ0n) is 8.99. The highest BCUT2D eigenvalue weighted by Gasteiger charge is 2.15. The molecule has 1 atom stereocenters. The Bertz CT molecular complexity index is 346. The summed E-state index contributed by atoms with van der Waals surface area (Å²) in [5.74, 6) is -0.209.